The van der Waals surface area contributed by atoms with E-state index >= 15 is 0 Å². The summed E-state index contributed by atoms with van der Waals surface area (Å²) in [7, 11) is 0. The molecule has 0 aliphatic carbocycles. The lowest BCUT2D eigenvalue weighted by Gasteiger charge is -2.14. The molecule has 0 atom stereocenters. The van der Waals surface area contributed by atoms with E-state index in [0.717, 1.165) is 22.4 Å². The van der Waals surface area contributed by atoms with E-state index in [1.165, 1.54) is 6.07 Å². The Balaban J connectivity index is 2.45. The van der Waals surface area contributed by atoms with Crippen molar-refractivity contribution in [3.05, 3.63) is 58.4 Å². The third-order valence-electron chi connectivity index (χ3n) is 3.19. The molecule has 0 aromatic heterocycles. The van der Waals surface area contributed by atoms with E-state index in [2.05, 4.69) is 6.07 Å². The summed E-state index contributed by atoms with van der Waals surface area (Å²) in [6, 6.07) is 8.79. The van der Waals surface area contributed by atoms with Crippen LogP contribution in [0, 0.1) is 26.6 Å². The van der Waals surface area contributed by atoms with Crippen LogP contribution in [0.3, 0.4) is 0 Å². The van der Waals surface area contributed by atoms with Crippen LogP contribution in [0.1, 0.15) is 22.3 Å². The molecule has 19 heavy (non-hydrogen) atoms. The summed E-state index contributed by atoms with van der Waals surface area (Å²) in [5.74, 6) is 0.971. The molecule has 0 saturated carbocycles. The molecule has 0 unspecified atom stereocenters. The molecule has 100 valence electrons. The second kappa shape index (κ2) is 5.62. The first-order chi connectivity index (χ1) is 9.02. The van der Waals surface area contributed by atoms with Crippen LogP contribution in [-0.4, -0.2) is 0 Å². The molecule has 0 amide bonds. The lowest BCUT2D eigenvalue weighted by atomic mass is 10.1. The molecule has 0 saturated heterocycles. The first kappa shape index (κ1) is 13.9. The standard InChI is InChI=1S/C16H16ClFO/c1-10-7-11(2)12(3)16(8-10)19-15-6-4-5-14(18)13(15)9-17/h4-8H,9H2,1-3H3. The van der Waals surface area contributed by atoms with Gasteiger partial charge in [0.25, 0.3) is 0 Å². The van der Waals surface area contributed by atoms with Crippen LogP contribution in [0.2, 0.25) is 0 Å². The van der Waals surface area contributed by atoms with Crippen molar-refractivity contribution in [2.45, 2.75) is 26.7 Å². The minimum atomic E-state index is -0.338. The summed E-state index contributed by atoms with van der Waals surface area (Å²) >= 11 is 5.79. The molecule has 0 radical (unpaired) electrons. The highest BCUT2D eigenvalue weighted by Gasteiger charge is 2.11. The number of halogens is 2. The van der Waals surface area contributed by atoms with Crippen molar-refractivity contribution in [3.63, 3.8) is 0 Å². The number of hydrogen-bond acceptors (Lipinski definition) is 1. The zero-order valence-corrected chi connectivity index (χ0v) is 12.0. The van der Waals surface area contributed by atoms with Gasteiger partial charge in [-0.3, -0.25) is 0 Å². The molecule has 1 nitrogen and oxygen atoms in total. The Morgan fingerprint density at radius 1 is 1.11 bits per heavy atom. The Labute approximate surface area is 118 Å². The van der Waals surface area contributed by atoms with Gasteiger partial charge in [-0.15, -0.1) is 11.6 Å². The van der Waals surface area contributed by atoms with Gasteiger partial charge in [0.05, 0.1) is 5.88 Å². The van der Waals surface area contributed by atoms with Crippen molar-refractivity contribution in [3.8, 4) is 11.5 Å². The lowest BCUT2D eigenvalue weighted by Crippen LogP contribution is -1.96. The Morgan fingerprint density at radius 2 is 1.84 bits per heavy atom. The maximum absolute atomic E-state index is 13.6. The van der Waals surface area contributed by atoms with Crippen molar-refractivity contribution >= 4 is 11.6 Å². The maximum Gasteiger partial charge on any atom is 0.134 e. The Hall–Kier alpha value is -1.54. The zero-order valence-electron chi connectivity index (χ0n) is 11.3. The summed E-state index contributed by atoms with van der Waals surface area (Å²) in [6.45, 7) is 6.03. The number of aryl methyl sites for hydroxylation is 2. The van der Waals surface area contributed by atoms with Crippen LogP contribution in [0.25, 0.3) is 0 Å². The van der Waals surface area contributed by atoms with Crippen LogP contribution in [0.15, 0.2) is 30.3 Å². The molecule has 0 fully saturated rings. The predicted octanol–water partition coefficient (Wildman–Crippen LogP) is 5.28. The van der Waals surface area contributed by atoms with Gasteiger partial charge in [-0.25, -0.2) is 4.39 Å². The predicted molar refractivity (Wildman–Crippen MR) is 76.7 cm³/mol. The maximum atomic E-state index is 13.6. The van der Waals surface area contributed by atoms with Crippen LogP contribution in [0.4, 0.5) is 4.39 Å². The average molecular weight is 279 g/mol. The van der Waals surface area contributed by atoms with E-state index in [1.54, 1.807) is 12.1 Å². The molecule has 2 aromatic carbocycles. The smallest absolute Gasteiger partial charge is 0.134 e. The van der Waals surface area contributed by atoms with Gasteiger partial charge < -0.3 is 4.74 Å². The highest BCUT2D eigenvalue weighted by atomic mass is 35.5. The van der Waals surface area contributed by atoms with E-state index in [1.807, 2.05) is 26.8 Å². The molecule has 3 heteroatoms. The van der Waals surface area contributed by atoms with E-state index in [9.17, 15) is 4.39 Å². The molecule has 0 aliphatic rings. The molecular formula is C16H16ClFO. The van der Waals surface area contributed by atoms with Crippen molar-refractivity contribution < 1.29 is 9.13 Å². The highest BCUT2D eigenvalue weighted by molar-refractivity contribution is 6.17. The monoisotopic (exact) mass is 278 g/mol. The fourth-order valence-corrected chi connectivity index (χ4v) is 2.25. The van der Waals surface area contributed by atoms with Gasteiger partial charge in [0, 0.05) is 5.56 Å². The lowest BCUT2D eigenvalue weighted by molar-refractivity contribution is 0.466. The zero-order chi connectivity index (χ0) is 14.0. The summed E-state index contributed by atoms with van der Waals surface area (Å²) in [6.07, 6.45) is 0. The number of rotatable bonds is 3. The van der Waals surface area contributed by atoms with Crippen molar-refractivity contribution in [2.75, 3.05) is 0 Å². The van der Waals surface area contributed by atoms with Gasteiger partial charge >= 0.3 is 0 Å². The summed E-state index contributed by atoms with van der Waals surface area (Å²) in [4.78, 5) is 0. The molecule has 0 spiro atoms. The third-order valence-corrected chi connectivity index (χ3v) is 3.46. The van der Waals surface area contributed by atoms with E-state index < -0.39 is 0 Å². The minimum absolute atomic E-state index is 0.0891. The van der Waals surface area contributed by atoms with Gasteiger partial charge in [-0.05, 0) is 55.7 Å². The fourth-order valence-electron chi connectivity index (χ4n) is 1.99. The van der Waals surface area contributed by atoms with Crippen LogP contribution in [-0.2, 0) is 5.88 Å². The first-order valence-electron chi connectivity index (χ1n) is 6.12. The molecule has 0 aliphatic heterocycles. The SMILES string of the molecule is Cc1cc(C)c(C)c(Oc2cccc(F)c2CCl)c1. The van der Waals surface area contributed by atoms with E-state index in [-0.39, 0.29) is 11.7 Å². The normalized spacial score (nSPS) is 10.6. The molecule has 0 heterocycles. The van der Waals surface area contributed by atoms with Crippen LogP contribution in [0.5, 0.6) is 11.5 Å². The molecule has 2 aromatic rings. The summed E-state index contributed by atoms with van der Waals surface area (Å²) in [5.41, 5.74) is 3.71. The van der Waals surface area contributed by atoms with Crippen molar-refractivity contribution in [1.29, 1.82) is 0 Å². The van der Waals surface area contributed by atoms with E-state index in [0.29, 0.717) is 11.3 Å². The first-order valence-corrected chi connectivity index (χ1v) is 6.65. The van der Waals surface area contributed by atoms with Gasteiger partial charge in [0.15, 0.2) is 0 Å². The molecule has 0 bridgehead atoms. The number of alkyl halides is 1. The van der Waals surface area contributed by atoms with Gasteiger partial charge in [-0.1, -0.05) is 12.1 Å². The summed E-state index contributed by atoms with van der Waals surface area (Å²) < 4.78 is 19.5. The quantitative estimate of drug-likeness (QED) is 0.694. The topological polar surface area (TPSA) is 9.23 Å². The van der Waals surface area contributed by atoms with Crippen molar-refractivity contribution in [1.82, 2.24) is 0 Å². The molecular weight excluding hydrogens is 263 g/mol. The number of hydrogen-bond donors (Lipinski definition) is 0. The number of benzene rings is 2. The van der Waals surface area contributed by atoms with Crippen LogP contribution >= 0.6 is 11.6 Å². The minimum Gasteiger partial charge on any atom is -0.457 e. The second-order valence-corrected chi connectivity index (χ2v) is 4.92. The average Bonchev–Trinajstić information content (AvgIpc) is 2.35. The van der Waals surface area contributed by atoms with E-state index in [4.69, 9.17) is 16.3 Å². The van der Waals surface area contributed by atoms with Gasteiger partial charge in [0.1, 0.15) is 17.3 Å². The van der Waals surface area contributed by atoms with Crippen LogP contribution < -0.4 is 4.74 Å². The fraction of sp³-hybridized carbons (Fsp3) is 0.250. The second-order valence-electron chi connectivity index (χ2n) is 4.66. The summed E-state index contributed by atoms with van der Waals surface area (Å²) in [5, 5.41) is 0. The largest absolute Gasteiger partial charge is 0.457 e. The van der Waals surface area contributed by atoms with Crippen molar-refractivity contribution in [2.24, 2.45) is 0 Å². The van der Waals surface area contributed by atoms with Gasteiger partial charge in [0.2, 0.25) is 0 Å². The Morgan fingerprint density at radius 3 is 2.53 bits per heavy atom. The molecule has 0 N–H and O–H groups in total. The van der Waals surface area contributed by atoms with Gasteiger partial charge in [-0.2, -0.15) is 0 Å². The molecule has 2 rings (SSSR count). The Kier molecular flexibility index (Phi) is 4.11. The number of ether oxygens (including phenoxy) is 1. The third kappa shape index (κ3) is 2.90. The highest BCUT2D eigenvalue weighted by Crippen LogP contribution is 2.32. The Bertz CT molecular complexity index is 608.